The highest BCUT2D eigenvalue weighted by Gasteiger charge is 2.21. The van der Waals surface area contributed by atoms with Crippen LogP contribution in [0.2, 0.25) is 0 Å². The highest BCUT2D eigenvalue weighted by Crippen LogP contribution is 2.24. The van der Waals surface area contributed by atoms with E-state index in [1.165, 1.54) is 5.00 Å². The molecule has 7 heteroatoms. The first kappa shape index (κ1) is 18.6. The minimum atomic E-state index is -0.218. The van der Waals surface area contributed by atoms with Gasteiger partial charge in [-0.15, -0.1) is 11.3 Å². The van der Waals surface area contributed by atoms with Crippen molar-refractivity contribution in [3.63, 3.8) is 0 Å². The second-order valence-corrected chi connectivity index (χ2v) is 8.01. The maximum Gasteiger partial charge on any atom is 0.239 e. The number of nitrogens with one attached hydrogen (secondary N) is 3. The molecule has 24 heavy (non-hydrogen) atoms. The van der Waals surface area contributed by atoms with Crippen LogP contribution in [0.4, 0.5) is 5.00 Å². The first-order chi connectivity index (χ1) is 11.4. The summed E-state index contributed by atoms with van der Waals surface area (Å²) in [6, 6.07) is 4.66. The molecular weight excluding hydrogens is 322 g/mol. The fraction of sp³-hybridized carbons (Fsp3) is 0.647. The number of thiophene rings is 1. The Kier molecular flexibility index (Phi) is 6.48. The van der Waals surface area contributed by atoms with Crippen molar-refractivity contribution in [2.45, 2.75) is 45.2 Å². The third kappa shape index (κ3) is 6.03. The molecule has 1 fully saturated rings. The number of carbonyl (C=O) groups excluding carboxylic acids is 1. The molecule has 0 aliphatic carbocycles. The molecule has 1 aliphatic rings. The third-order valence-corrected chi connectivity index (χ3v) is 4.74. The molecule has 2 rings (SSSR count). The van der Waals surface area contributed by atoms with Gasteiger partial charge in [-0.3, -0.25) is 9.79 Å². The number of piperidine rings is 1. The number of carbonyl (C=O) groups is 1. The smallest absolute Gasteiger partial charge is 0.239 e. The normalized spacial score (nSPS) is 16.8. The van der Waals surface area contributed by atoms with Crippen molar-refractivity contribution in [1.82, 2.24) is 16.0 Å². The maximum absolute atomic E-state index is 11.9. The Morgan fingerprint density at radius 1 is 1.38 bits per heavy atom. The van der Waals surface area contributed by atoms with Crippen LogP contribution in [-0.4, -0.2) is 50.1 Å². The van der Waals surface area contributed by atoms with Crippen molar-refractivity contribution in [2.75, 3.05) is 31.6 Å². The van der Waals surface area contributed by atoms with Crippen molar-refractivity contribution in [3.8, 4) is 0 Å². The van der Waals surface area contributed by atoms with E-state index >= 15 is 0 Å². The van der Waals surface area contributed by atoms with E-state index in [1.807, 2.05) is 20.8 Å². The Balaban J connectivity index is 1.73. The fourth-order valence-electron chi connectivity index (χ4n) is 2.71. The van der Waals surface area contributed by atoms with E-state index in [4.69, 9.17) is 0 Å². The summed E-state index contributed by atoms with van der Waals surface area (Å²) in [7, 11) is 1.73. The van der Waals surface area contributed by atoms with E-state index in [2.05, 4.69) is 43.4 Å². The maximum atomic E-state index is 11.9. The van der Waals surface area contributed by atoms with E-state index in [1.54, 1.807) is 18.4 Å². The standard InChI is InChI=1S/C17H29N5OS/c1-17(2,3)21-14(23)12-19-16(18-4)20-13-7-9-22(10-8-13)15-6-5-11-24-15/h5-6,11,13H,7-10,12H2,1-4H3,(H,21,23)(H2,18,19,20). The molecule has 1 aromatic rings. The molecule has 1 amide bonds. The average molecular weight is 352 g/mol. The number of amides is 1. The summed E-state index contributed by atoms with van der Waals surface area (Å²) in [5, 5.41) is 12.9. The molecule has 1 aliphatic heterocycles. The van der Waals surface area contributed by atoms with E-state index in [-0.39, 0.29) is 18.0 Å². The van der Waals surface area contributed by atoms with Gasteiger partial charge in [-0.05, 0) is 51.1 Å². The lowest BCUT2D eigenvalue weighted by molar-refractivity contribution is -0.121. The molecule has 134 valence electrons. The Morgan fingerprint density at radius 2 is 2.08 bits per heavy atom. The number of guanidine groups is 1. The molecule has 3 N–H and O–H groups in total. The van der Waals surface area contributed by atoms with Gasteiger partial charge in [0.25, 0.3) is 0 Å². The Labute approximate surface area is 148 Å². The molecule has 6 nitrogen and oxygen atoms in total. The van der Waals surface area contributed by atoms with Crippen LogP contribution in [0.3, 0.4) is 0 Å². The molecule has 0 radical (unpaired) electrons. The molecule has 1 saturated heterocycles. The molecule has 0 bridgehead atoms. The van der Waals surface area contributed by atoms with Crippen molar-refractivity contribution in [3.05, 3.63) is 17.5 Å². The third-order valence-electron chi connectivity index (χ3n) is 3.81. The fourth-order valence-corrected chi connectivity index (χ4v) is 3.49. The predicted molar refractivity (Wildman–Crippen MR) is 102 cm³/mol. The minimum absolute atomic E-state index is 0.0297. The SMILES string of the molecule is CN=C(NCC(=O)NC(C)(C)C)NC1CCN(c2cccs2)CC1. The monoisotopic (exact) mass is 351 g/mol. The zero-order chi connectivity index (χ0) is 17.6. The van der Waals surface area contributed by atoms with Crippen molar-refractivity contribution in [2.24, 2.45) is 4.99 Å². The topological polar surface area (TPSA) is 68.8 Å². The number of nitrogens with zero attached hydrogens (tertiary/aromatic N) is 2. The van der Waals surface area contributed by atoms with Gasteiger partial charge in [0.2, 0.25) is 5.91 Å². The summed E-state index contributed by atoms with van der Waals surface area (Å²) in [6.07, 6.45) is 2.12. The van der Waals surface area contributed by atoms with Crippen molar-refractivity contribution in [1.29, 1.82) is 0 Å². The summed E-state index contributed by atoms with van der Waals surface area (Å²) in [6.45, 7) is 8.22. The van der Waals surface area contributed by atoms with Gasteiger partial charge in [0.1, 0.15) is 0 Å². The Bertz CT molecular complexity index is 542. The van der Waals surface area contributed by atoms with Gasteiger partial charge < -0.3 is 20.9 Å². The highest BCUT2D eigenvalue weighted by molar-refractivity contribution is 7.14. The van der Waals surface area contributed by atoms with E-state index in [0.29, 0.717) is 12.0 Å². The lowest BCUT2D eigenvalue weighted by Crippen LogP contribution is -2.51. The van der Waals surface area contributed by atoms with Crippen molar-refractivity contribution >= 4 is 28.2 Å². The summed E-state index contributed by atoms with van der Waals surface area (Å²) in [5.74, 6) is 0.659. The van der Waals surface area contributed by atoms with E-state index in [0.717, 1.165) is 25.9 Å². The van der Waals surface area contributed by atoms with Gasteiger partial charge in [-0.1, -0.05) is 0 Å². The van der Waals surface area contributed by atoms with Crippen LogP contribution in [-0.2, 0) is 4.79 Å². The van der Waals surface area contributed by atoms with Crippen LogP contribution >= 0.6 is 11.3 Å². The number of aliphatic imine (C=N–C) groups is 1. The molecule has 2 heterocycles. The minimum Gasteiger partial charge on any atom is -0.363 e. The molecule has 0 spiro atoms. The van der Waals surface area contributed by atoms with Gasteiger partial charge in [0.15, 0.2) is 5.96 Å². The summed E-state index contributed by atoms with van der Waals surface area (Å²) in [4.78, 5) is 18.5. The van der Waals surface area contributed by atoms with Crippen LogP contribution in [0.1, 0.15) is 33.6 Å². The van der Waals surface area contributed by atoms with Gasteiger partial charge in [0.05, 0.1) is 11.5 Å². The van der Waals surface area contributed by atoms with Crippen LogP contribution in [0, 0.1) is 0 Å². The highest BCUT2D eigenvalue weighted by atomic mass is 32.1. The molecule has 0 atom stereocenters. The predicted octanol–water partition coefficient (Wildman–Crippen LogP) is 1.80. The van der Waals surface area contributed by atoms with E-state index < -0.39 is 0 Å². The van der Waals surface area contributed by atoms with Crippen LogP contribution in [0.5, 0.6) is 0 Å². The molecular formula is C17H29N5OS. The largest absolute Gasteiger partial charge is 0.363 e. The number of hydrogen-bond donors (Lipinski definition) is 3. The zero-order valence-electron chi connectivity index (χ0n) is 15.1. The Hall–Kier alpha value is -1.76. The second-order valence-electron chi connectivity index (χ2n) is 7.08. The first-order valence-electron chi connectivity index (χ1n) is 8.44. The van der Waals surface area contributed by atoms with Gasteiger partial charge >= 0.3 is 0 Å². The molecule has 0 unspecified atom stereocenters. The quantitative estimate of drug-likeness (QED) is 0.571. The van der Waals surface area contributed by atoms with Gasteiger partial charge in [0, 0.05) is 31.7 Å². The van der Waals surface area contributed by atoms with E-state index in [9.17, 15) is 4.79 Å². The second kappa shape index (κ2) is 8.37. The van der Waals surface area contributed by atoms with Gasteiger partial charge in [-0.2, -0.15) is 0 Å². The van der Waals surface area contributed by atoms with Gasteiger partial charge in [-0.25, -0.2) is 0 Å². The lowest BCUT2D eigenvalue weighted by atomic mass is 10.1. The summed E-state index contributed by atoms with van der Waals surface area (Å²) >= 11 is 1.79. The number of anilines is 1. The van der Waals surface area contributed by atoms with Crippen LogP contribution < -0.4 is 20.9 Å². The molecule has 0 saturated carbocycles. The summed E-state index contributed by atoms with van der Waals surface area (Å²) < 4.78 is 0. The first-order valence-corrected chi connectivity index (χ1v) is 9.32. The number of hydrogen-bond acceptors (Lipinski definition) is 4. The Morgan fingerprint density at radius 3 is 2.62 bits per heavy atom. The summed E-state index contributed by atoms with van der Waals surface area (Å²) in [5.41, 5.74) is -0.218. The lowest BCUT2D eigenvalue weighted by Gasteiger charge is -2.33. The average Bonchev–Trinajstić information content (AvgIpc) is 3.04. The van der Waals surface area contributed by atoms with Crippen molar-refractivity contribution < 1.29 is 4.79 Å². The van der Waals surface area contributed by atoms with Crippen LogP contribution in [0.15, 0.2) is 22.5 Å². The zero-order valence-corrected chi connectivity index (χ0v) is 15.9. The molecule has 1 aromatic heterocycles. The molecule has 0 aromatic carbocycles. The van der Waals surface area contributed by atoms with Crippen LogP contribution in [0.25, 0.3) is 0 Å². The number of rotatable bonds is 4.